The van der Waals surface area contributed by atoms with Gasteiger partial charge in [0.25, 0.3) is 5.91 Å². The van der Waals surface area contributed by atoms with Crippen molar-refractivity contribution in [1.29, 1.82) is 0 Å². The van der Waals surface area contributed by atoms with E-state index in [0.717, 1.165) is 11.1 Å². The predicted molar refractivity (Wildman–Crippen MR) is 121 cm³/mol. The van der Waals surface area contributed by atoms with Crippen LogP contribution in [-0.4, -0.2) is 30.1 Å². The standard InChI is InChI=1S/C25H21N3O4/c1-30-22-12-20(13-23(14-22)31-2)28-24(29)18-8-6-7-17(11-18)19-15-26-25(27-16-19)32-21-9-4-3-5-10-21/h3-16H,1-2H3,(H,28,29). The van der Waals surface area contributed by atoms with E-state index in [1.807, 2.05) is 42.5 Å². The molecule has 0 aliphatic carbocycles. The zero-order valence-corrected chi connectivity index (χ0v) is 17.6. The quantitative estimate of drug-likeness (QED) is 0.436. The largest absolute Gasteiger partial charge is 0.497 e. The molecule has 4 aromatic rings. The van der Waals surface area contributed by atoms with Gasteiger partial charge in [-0.05, 0) is 29.8 Å². The molecule has 32 heavy (non-hydrogen) atoms. The minimum absolute atomic E-state index is 0.251. The van der Waals surface area contributed by atoms with E-state index in [9.17, 15) is 4.79 Å². The van der Waals surface area contributed by atoms with Gasteiger partial charge in [0, 0.05) is 47.4 Å². The Labute approximate surface area is 185 Å². The summed E-state index contributed by atoms with van der Waals surface area (Å²) in [5, 5.41) is 2.87. The van der Waals surface area contributed by atoms with E-state index in [2.05, 4.69) is 15.3 Å². The number of amides is 1. The Morgan fingerprint density at radius 1 is 0.750 bits per heavy atom. The number of carbonyl (C=O) groups is 1. The minimum atomic E-state index is -0.257. The van der Waals surface area contributed by atoms with Crippen LogP contribution < -0.4 is 19.5 Å². The number of para-hydroxylation sites is 1. The van der Waals surface area contributed by atoms with Gasteiger partial charge in [-0.3, -0.25) is 4.79 Å². The minimum Gasteiger partial charge on any atom is -0.497 e. The lowest BCUT2D eigenvalue weighted by molar-refractivity contribution is 0.102. The molecule has 0 radical (unpaired) electrons. The topological polar surface area (TPSA) is 82.6 Å². The maximum absolute atomic E-state index is 12.8. The molecule has 0 aliphatic heterocycles. The Hall–Kier alpha value is -4.39. The van der Waals surface area contributed by atoms with Crippen LogP contribution in [0.25, 0.3) is 11.1 Å². The molecule has 0 fully saturated rings. The first kappa shape index (κ1) is 20.9. The SMILES string of the molecule is COc1cc(NC(=O)c2cccc(-c3cnc(Oc4ccccc4)nc3)c2)cc(OC)c1. The number of rotatable bonds is 7. The van der Waals surface area contributed by atoms with E-state index < -0.39 is 0 Å². The number of nitrogens with zero attached hydrogens (tertiary/aromatic N) is 2. The average Bonchev–Trinajstić information content (AvgIpc) is 2.85. The van der Waals surface area contributed by atoms with Crippen LogP contribution in [0.3, 0.4) is 0 Å². The first-order chi connectivity index (χ1) is 15.6. The molecule has 1 N–H and O–H groups in total. The molecule has 0 aliphatic rings. The molecule has 7 nitrogen and oxygen atoms in total. The van der Waals surface area contributed by atoms with Crippen molar-refractivity contribution in [3.63, 3.8) is 0 Å². The van der Waals surface area contributed by atoms with Gasteiger partial charge in [0.05, 0.1) is 14.2 Å². The first-order valence-corrected chi connectivity index (χ1v) is 9.84. The van der Waals surface area contributed by atoms with Crippen molar-refractivity contribution in [2.45, 2.75) is 0 Å². The summed E-state index contributed by atoms with van der Waals surface area (Å²) in [7, 11) is 3.12. The second kappa shape index (κ2) is 9.61. The predicted octanol–water partition coefficient (Wildman–Crippen LogP) is 5.21. The maximum Gasteiger partial charge on any atom is 0.321 e. The molecule has 160 valence electrons. The van der Waals surface area contributed by atoms with E-state index in [1.165, 1.54) is 0 Å². The zero-order chi connectivity index (χ0) is 22.3. The van der Waals surface area contributed by atoms with Crippen molar-refractivity contribution < 1.29 is 19.0 Å². The fourth-order valence-corrected chi connectivity index (χ4v) is 3.03. The molecule has 1 aromatic heterocycles. The summed E-state index contributed by atoms with van der Waals surface area (Å²) >= 11 is 0. The van der Waals surface area contributed by atoms with E-state index in [1.54, 1.807) is 56.9 Å². The lowest BCUT2D eigenvalue weighted by Crippen LogP contribution is -2.12. The van der Waals surface area contributed by atoms with Crippen LogP contribution in [0.5, 0.6) is 23.3 Å². The summed E-state index contributed by atoms with van der Waals surface area (Å²) in [6, 6.07) is 22.0. The van der Waals surface area contributed by atoms with Gasteiger partial charge in [-0.1, -0.05) is 30.3 Å². The van der Waals surface area contributed by atoms with Crippen molar-refractivity contribution in [3.8, 4) is 34.4 Å². The highest BCUT2D eigenvalue weighted by molar-refractivity contribution is 6.05. The van der Waals surface area contributed by atoms with Crippen LogP contribution in [0.2, 0.25) is 0 Å². The number of nitrogens with one attached hydrogen (secondary N) is 1. The smallest absolute Gasteiger partial charge is 0.321 e. The van der Waals surface area contributed by atoms with Crippen LogP contribution in [0.1, 0.15) is 10.4 Å². The highest BCUT2D eigenvalue weighted by Crippen LogP contribution is 2.27. The summed E-state index contributed by atoms with van der Waals surface area (Å²) in [4.78, 5) is 21.3. The first-order valence-electron chi connectivity index (χ1n) is 9.84. The molecule has 0 bridgehead atoms. The summed E-state index contributed by atoms with van der Waals surface area (Å²) in [6.07, 6.45) is 3.32. The maximum atomic E-state index is 12.8. The number of benzene rings is 3. The Kier molecular flexibility index (Phi) is 6.27. The average molecular weight is 427 g/mol. The monoisotopic (exact) mass is 427 g/mol. The number of carbonyl (C=O) groups excluding carboxylic acids is 1. The Balaban J connectivity index is 1.50. The van der Waals surface area contributed by atoms with Crippen molar-refractivity contribution >= 4 is 11.6 Å². The summed E-state index contributed by atoms with van der Waals surface area (Å²) in [5.41, 5.74) is 2.64. The second-order valence-corrected chi connectivity index (χ2v) is 6.81. The van der Waals surface area contributed by atoms with Gasteiger partial charge in [0.1, 0.15) is 17.2 Å². The van der Waals surface area contributed by atoms with Crippen LogP contribution in [0, 0.1) is 0 Å². The molecular formula is C25H21N3O4. The van der Waals surface area contributed by atoms with Crippen LogP contribution in [-0.2, 0) is 0 Å². The summed E-state index contributed by atoms with van der Waals surface area (Å²) in [5.74, 6) is 1.58. The molecule has 3 aromatic carbocycles. The number of hydrogen-bond acceptors (Lipinski definition) is 6. The van der Waals surface area contributed by atoms with Crippen molar-refractivity contribution in [3.05, 3.63) is 90.8 Å². The molecule has 1 heterocycles. The van der Waals surface area contributed by atoms with Gasteiger partial charge in [-0.15, -0.1) is 0 Å². The molecule has 0 spiro atoms. The molecule has 0 saturated heterocycles. The third kappa shape index (κ3) is 5.02. The molecular weight excluding hydrogens is 406 g/mol. The number of methoxy groups -OCH3 is 2. The fraction of sp³-hybridized carbons (Fsp3) is 0.0800. The number of ether oxygens (including phenoxy) is 3. The van der Waals surface area contributed by atoms with Crippen molar-refractivity contribution in [2.75, 3.05) is 19.5 Å². The third-order valence-electron chi connectivity index (χ3n) is 4.65. The van der Waals surface area contributed by atoms with Crippen LogP contribution in [0.4, 0.5) is 5.69 Å². The van der Waals surface area contributed by atoms with Crippen LogP contribution >= 0.6 is 0 Å². The molecule has 0 unspecified atom stereocenters. The highest BCUT2D eigenvalue weighted by Gasteiger charge is 2.11. The fourth-order valence-electron chi connectivity index (χ4n) is 3.03. The van der Waals surface area contributed by atoms with Crippen molar-refractivity contribution in [2.24, 2.45) is 0 Å². The second-order valence-electron chi connectivity index (χ2n) is 6.81. The third-order valence-corrected chi connectivity index (χ3v) is 4.65. The zero-order valence-electron chi connectivity index (χ0n) is 17.6. The van der Waals surface area contributed by atoms with E-state index in [0.29, 0.717) is 28.5 Å². The normalized spacial score (nSPS) is 10.3. The van der Waals surface area contributed by atoms with E-state index in [-0.39, 0.29) is 11.9 Å². The van der Waals surface area contributed by atoms with Gasteiger partial charge in [0.2, 0.25) is 0 Å². The number of anilines is 1. The lowest BCUT2D eigenvalue weighted by atomic mass is 10.1. The Bertz CT molecular complexity index is 1190. The molecule has 0 saturated carbocycles. The highest BCUT2D eigenvalue weighted by atomic mass is 16.5. The molecule has 4 rings (SSSR count). The van der Waals surface area contributed by atoms with Gasteiger partial charge < -0.3 is 19.5 Å². The number of hydrogen-bond donors (Lipinski definition) is 1. The lowest BCUT2D eigenvalue weighted by Gasteiger charge is -2.11. The van der Waals surface area contributed by atoms with Gasteiger partial charge in [0.15, 0.2) is 0 Å². The molecule has 7 heteroatoms. The Morgan fingerprint density at radius 3 is 2.09 bits per heavy atom. The van der Waals surface area contributed by atoms with Gasteiger partial charge in [-0.2, -0.15) is 0 Å². The van der Waals surface area contributed by atoms with Gasteiger partial charge in [-0.25, -0.2) is 9.97 Å². The molecule has 1 amide bonds. The van der Waals surface area contributed by atoms with Crippen molar-refractivity contribution in [1.82, 2.24) is 9.97 Å². The molecule has 0 atom stereocenters. The van der Waals surface area contributed by atoms with E-state index in [4.69, 9.17) is 14.2 Å². The number of aromatic nitrogens is 2. The Morgan fingerprint density at radius 2 is 1.44 bits per heavy atom. The van der Waals surface area contributed by atoms with E-state index >= 15 is 0 Å². The summed E-state index contributed by atoms with van der Waals surface area (Å²) in [6.45, 7) is 0. The van der Waals surface area contributed by atoms with Gasteiger partial charge >= 0.3 is 6.01 Å². The summed E-state index contributed by atoms with van der Waals surface area (Å²) < 4.78 is 16.1. The van der Waals surface area contributed by atoms with Crippen LogP contribution in [0.15, 0.2) is 85.2 Å².